The van der Waals surface area contributed by atoms with Crippen LogP contribution >= 0.6 is 0 Å². The molecule has 3 aliphatic heterocycles. The molecule has 10 atom stereocenters. The maximum Gasteiger partial charge on any atom is 0.229 e. The van der Waals surface area contributed by atoms with E-state index >= 15 is 0 Å². The van der Waals surface area contributed by atoms with Crippen LogP contribution in [0.25, 0.3) is 0 Å². The van der Waals surface area contributed by atoms with Crippen molar-refractivity contribution in [2.45, 2.75) is 67.5 Å². The molecule has 0 unspecified atom stereocenters. The molecule has 282 valence electrons. The highest BCUT2D eigenvalue weighted by Crippen LogP contribution is 2.57. The molecule has 3 aliphatic rings. The van der Waals surface area contributed by atoms with Gasteiger partial charge in [-0.2, -0.15) is 0 Å². The second-order valence-electron chi connectivity index (χ2n) is 13.1. The third-order valence-corrected chi connectivity index (χ3v) is 9.76. The van der Waals surface area contributed by atoms with Crippen LogP contribution in [-0.4, -0.2) is 116 Å². The minimum atomic E-state index is -1.81. The lowest BCUT2D eigenvalue weighted by molar-refractivity contribution is -0.277. The molecule has 0 spiro atoms. The highest BCUT2D eigenvalue weighted by atomic mass is 16.7. The van der Waals surface area contributed by atoms with Crippen LogP contribution in [0.5, 0.6) is 57.5 Å². The summed E-state index contributed by atoms with van der Waals surface area (Å²) in [5, 5.41) is 138. The minimum Gasteiger partial charge on any atom is -0.507 e. The Balaban J connectivity index is 1.37. The van der Waals surface area contributed by atoms with Gasteiger partial charge < -0.3 is 85.3 Å². The molecular weight excluding hydrogens is 704 g/mol. The third-order valence-electron chi connectivity index (χ3n) is 9.76. The maximum absolute atomic E-state index is 12.1. The van der Waals surface area contributed by atoms with Gasteiger partial charge in [0.25, 0.3) is 0 Å². The fourth-order valence-electron chi connectivity index (χ4n) is 7.07. The average Bonchev–Trinajstić information content (AvgIpc) is 3.11. The van der Waals surface area contributed by atoms with Crippen LogP contribution in [0, 0.1) is 0 Å². The van der Waals surface area contributed by atoms with Gasteiger partial charge in [0, 0.05) is 41.3 Å². The fraction of sp³-hybridized carbons (Fsp3) is 0.333. The van der Waals surface area contributed by atoms with Gasteiger partial charge in [-0.25, -0.2) is 0 Å². The van der Waals surface area contributed by atoms with Crippen LogP contribution in [0.4, 0.5) is 0 Å². The summed E-state index contributed by atoms with van der Waals surface area (Å²) in [6.45, 7) is -0.738. The molecule has 3 heterocycles. The molecule has 4 aromatic carbocycles. The molecule has 17 nitrogen and oxygen atoms in total. The summed E-state index contributed by atoms with van der Waals surface area (Å²) in [6, 6.07) is 10.5. The van der Waals surface area contributed by atoms with Crippen LogP contribution in [-0.2, 0) is 11.2 Å². The van der Waals surface area contributed by atoms with Gasteiger partial charge in [-0.1, -0.05) is 12.1 Å². The molecule has 0 radical (unpaired) electrons. The summed E-state index contributed by atoms with van der Waals surface area (Å²) in [6.07, 6.45) is -14.2. The van der Waals surface area contributed by atoms with Crippen molar-refractivity contribution in [3.05, 3.63) is 82.4 Å². The van der Waals surface area contributed by atoms with Crippen molar-refractivity contribution >= 4 is 0 Å². The van der Waals surface area contributed by atoms with Gasteiger partial charge in [0.15, 0.2) is 29.1 Å². The number of rotatable bonds is 6. The smallest absolute Gasteiger partial charge is 0.229 e. The van der Waals surface area contributed by atoms with E-state index in [9.17, 15) is 66.4 Å². The Hall–Kier alpha value is -5.40. The zero-order valence-electron chi connectivity index (χ0n) is 27.3. The van der Waals surface area contributed by atoms with E-state index in [0.717, 1.165) is 30.3 Å². The van der Waals surface area contributed by atoms with Crippen molar-refractivity contribution in [1.29, 1.82) is 0 Å². The number of benzene rings is 4. The van der Waals surface area contributed by atoms with Gasteiger partial charge in [0.2, 0.25) is 6.29 Å². The molecule has 13 N–H and O–H groups in total. The van der Waals surface area contributed by atoms with Crippen LogP contribution in [0.1, 0.15) is 45.9 Å². The molecule has 0 bridgehead atoms. The Labute approximate surface area is 299 Å². The number of ether oxygens (including phenoxy) is 4. The van der Waals surface area contributed by atoms with Crippen LogP contribution in [0.3, 0.4) is 0 Å². The Morgan fingerprint density at radius 1 is 0.585 bits per heavy atom. The SMILES string of the molecule is OC[C@@H]1O[C@H](Oc2cc(O)c3c(c2)O[C@H](c2ccc(O)c(O)c2)[C@@H](O)[C@@H]3c2c(O)cc(O)c3c2O[C@H](c2ccc(O)c(O)c2)[C@@H](O)C3)[C@@H](O)[C@@H](O)[C@H]1O. The predicted octanol–water partition coefficient (Wildman–Crippen LogP) is 0.468. The lowest BCUT2D eigenvalue weighted by Gasteiger charge is -2.41. The second kappa shape index (κ2) is 13.5. The molecule has 0 amide bonds. The lowest BCUT2D eigenvalue weighted by Crippen LogP contribution is -2.60. The standard InChI is InChI=1S/C36H36O17/c37-11-25-29(46)31(48)32(49)36(52-25)50-14-7-21(43)26-24(8-14)51-34(13-2-4-17(39)20(42)6-13)30(47)28(26)27-22(44)10-18(40)15-9-23(45)33(53-35(15)27)12-1-3-16(38)19(41)5-12/h1-8,10,23,25,28-34,36-49H,9,11H2/t23-,25-,28-,29-,30-,31-,32-,33+,34+,36-/m0/s1. The van der Waals surface area contributed by atoms with E-state index < -0.39 is 108 Å². The van der Waals surface area contributed by atoms with Gasteiger partial charge in [-0.15, -0.1) is 0 Å². The summed E-state index contributed by atoms with van der Waals surface area (Å²) in [4.78, 5) is 0. The highest BCUT2D eigenvalue weighted by molar-refractivity contribution is 5.66. The number of fused-ring (bicyclic) bond motifs is 2. The van der Waals surface area contributed by atoms with Crippen molar-refractivity contribution in [1.82, 2.24) is 0 Å². The Morgan fingerprint density at radius 3 is 1.83 bits per heavy atom. The van der Waals surface area contributed by atoms with Crippen molar-refractivity contribution < 1.29 is 85.3 Å². The number of aliphatic hydroxyl groups is 6. The summed E-state index contributed by atoms with van der Waals surface area (Å²) in [7, 11) is 0. The Kier molecular flexibility index (Phi) is 9.19. The topological polar surface area (TPSA) is 300 Å². The molecule has 7 rings (SSSR count). The summed E-state index contributed by atoms with van der Waals surface area (Å²) in [5.41, 5.74) is 0.0144. The quantitative estimate of drug-likeness (QED) is 0.120. The largest absolute Gasteiger partial charge is 0.507 e. The molecule has 0 aromatic heterocycles. The molecule has 17 heteroatoms. The van der Waals surface area contributed by atoms with E-state index in [0.29, 0.717) is 0 Å². The van der Waals surface area contributed by atoms with E-state index in [4.69, 9.17) is 18.9 Å². The molecule has 0 aliphatic carbocycles. The summed E-state index contributed by atoms with van der Waals surface area (Å²) < 4.78 is 23.5. The zero-order chi connectivity index (χ0) is 38.0. The van der Waals surface area contributed by atoms with E-state index in [-0.39, 0.29) is 51.5 Å². The van der Waals surface area contributed by atoms with Crippen LogP contribution < -0.4 is 14.2 Å². The maximum atomic E-state index is 12.1. The monoisotopic (exact) mass is 740 g/mol. The third kappa shape index (κ3) is 6.17. The zero-order valence-corrected chi connectivity index (χ0v) is 27.3. The highest BCUT2D eigenvalue weighted by Gasteiger charge is 2.48. The molecular formula is C36H36O17. The Morgan fingerprint density at radius 2 is 1.21 bits per heavy atom. The van der Waals surface area contributed by atoms with Gasteiger partial charge in [0.1, 0.15) is 71.1 Å². The number of phenolic OH excluding ortho intramolecular Hbond substituents is 7. The van der Waals surface area contributed by atoms with E-state index in [2.05, 4.69) is 0 Å². The van der Waals surface area contributed by atoms with Crippen molar-refractivity contribution in [2.24, 2.45) is 0 Å². The van der Waals surface area contributed by atoms with Gasteiger partial charge in [0.05, 0.1) is 18.6 Å². The Bertz CT molecular complexity index is 2030. The van der Waals surface area contributed by atoms with Gasteiger partial charge in [-0.05, 0) is 35.4 Å². The molecule has 53 heavy (non-hydrogen) atoms. The number of hydrogen-bond donors (Lipinski definition) is 13. The minimum absolute atomic E-state index is 0.0191. The summed E-state index contributed by atoms with van der Waals surface area (Å²) >= 11 is 0. The second-order valence-corrected chi connectivity index (χ2v) is 13.1. The van der Waals surface area contributed by atoms with Crippen LogP contribution in [0.15, 0.2) is 54.6 Å². The van der Waals surface area contributed by atoms with E-state index in [1.165, 1.54) is 24.3 Å². The predicted molar refractivity (Wildman–Crippen MR) is 176 cm³/mol. The number of phenols is 7. The van der Waals surface area contributed by atoms with E-state index in [1.54, 1.807) is 0 Å². The molecule has 1 saturated heterocycles. The normalized spacial score (nSPS) is 29.3. The van der Waals surface area contributed by atoms with Crippen LogP contribution in [0.2, 0.25) is 0 Å². The first kappa shape index (κ1) is 36.0. The van der Waals surface area contributed by atoms with Crippen molar-refractivity contribution in [2.75, 3.05) is 6.61 Å². The first-order valence-electron chi connectivity index (χ1n) is 16.3. The lowest BCUT2D eigenvalue weighted by atomic mass is 9.77. The van der Waals surface area contributed by atoms with Gasteiger partial charge >= 0.3 is 0 Å². The van der Waals surface area contributed by atoms with E-state index in [1.807, 2.05) is 0 Å². The number of hydrogen-bond acceptors (Lipinski definition) is 17. The van der Waals surface area contributed by atoms with Crippen molar-refractivity contribution in [3.63, 3.8) is 0 Å². The number of aliphatic hydroxyl groups excluding tert-OH is 6. The number of aromatic hydroxyl groups is 7. The first-order valence-corrected chi connectivity index (χ1v) is 16.3. The first-order chi connectivity index (χ1) is 25.2. The molecule has 0 saturated carbocycles. The molecule has 1 fully saturated rings. The summed E-state index contributed by atoms with van der Waals surface area (Å²) in [5.74, 6) is -5.76. The fourth-order valence-corrected chi connectivity index (χ4v) is 7.07. The molecule has 4 aromatic rings. The average molecular weight is 741 g/mol. The van der Waals surface area contributed by atoms with Crippen molar-refractivity contribution in [3.8, 4) is 57.5 Å². The van der Waals surface area contributed by atoms with Gasteiger partial charge in [-0.3, -0.25) is 0 Å².